The number of aliphatic hydroxyl groups excluding tert-OH is 1. The Balaban J connectivity index is 1.75. The highest BCUT2D eigenvalue weighted by Gasteiger charge is 2.08. The fraction of sp³-hybridized carbons (Fsp3) is 0.233. The molecule has 0 fully saturated rings. The van der Waals surface area contributed by atoms with Crippen molar-refractivity contribution in [3.8, 4) is 23.3 Å². The molecule has 0 saturated heterocycles. The van der Waals surface area contributed by atoms with Crippen molar-refractivity contribution in [3.05, 3.63) is 100 Å². The largest absolute Gasteiger partial charge is 0.489 e. The topological polar surface area (TPSA) is 79.2 Å². The molecule has 192 valence electrons. The van der Waals surface area contributed by atoms with Crippen LogP contribution in [0.2, 0.25) is 5.02 Å². The first-order chi connectivity index (χ1) is 17.9. The lowest BCUT2D eigenvalue weighted by Gasteiger charge is -2.12. The van der Waals surface area contributed by atoms with E-state index >= 15 is 0 Å². The summed E-state index contributed by atoms with van der Waals surface area (Å²) < 4.78 is 11.2. The zero-order valence-electron chi connectivity index (χ0n) is 20.9. The molecule has 0 aliphatic heterocycles. The Bertz CT molecular complexity index is 1270. The Kier molecular flexibility index (Phi) is 10.6. The van der Waals surface area contributed by atoms with Gasteiger partial charge in [-0.05, 0) is 84.8 Å². The van der Waals surface area contributed by atoms with Crippen LogP contribution >= 0.6 is 11.6 Å². The summed E-state index contributed by atoms with van der Waals surface area (Å²) in [5.74, 6) is 6.43. The van der Waals surface area contributed by atoms with Gasteiger partial charge in [0.2, 0.25) is 0 Å². The molecule has 0 unspecified atom stereocenters. The molecule has 0 aliphatic rings. The van der Waals surface area contributed by atoms with Gasteiger partial charge in [0.25, 0.3) is 0 Å². The van der Waals surface area contributed by atoms with Crippen LogP contribution in [-0.2, 0) is 4.79 Å². The highest BCUT2D eigenvalue weighted by atomic mass is 35.5. The van der Waals surface area contributed by atoms with Crippen molar-refractivity contribution in [1.82, 2.24) is 4.90 Å². The number of aliphatic hydroxyl groups is 1. The van der Waals surface area contributed by atoms with E-state index in [4.69, 9.17) is 31.3 Å². The van der Waals surface area contributed by atoms with Crippen LogP contribution in [0.25, 0.3) is 5.57 Å². The number of aryl methyl sites for hydroxylation is 1. The summed E-state index contributed by atoms with van der Waals surface area (Å²) in [6, 6.07) is 21.0. The normalized spacial score (nSPS) is 11.1. The number of carboxylic acids is 1. The van der Waals surface area contributed by atoms with E-state index in [1.165, 1.54) is 0 Å². The van der Waals surface area contributed by atoms with Gasteiger partial charge in [-0.1, -0.05) is 47.7 Å². The number of hydrogen-bond acceptors (Lipinski definition) is 5. The molecule has 37 heavy (non-hydrogen) atoms. The maximum atomic E-state index is 10.7. The molecule has 3 rings (SSSR count). The van der Waals surface area contributed by atoms with Gasteiger partial charge in [0.05, 0.1) is 13.2 Å². The van der Waals surface area contributed by atoms with Crippen LogP contribution < -0.4 is 9.47 Å². The van der Waals surface area contributed by atoms with Crippen molar-refractivity contribution in [2.24, 2.45) is 0 Å². The van der Waals surface area contributed by atoms with Crippen LogP contribution in [0.1, 0.15) is 22.3 Å². The minimum absolute atomic E-state index is 0.114. The molecule has 6 nitrogen and oxygen atoms in total. The number of carbonyl (C=O) groups is 1. The molecule has 0 heterocycles. The van der Waals surface area contributed by atoms with Crippen LogP contribution in [-0.4, -0.2) is 61.0 Å². The van der Waals surface area contributed by atoms with E-state index in [2.05, 4.69) is 11.8 Å². The summed E-state index contributed by atoms with van der Waals surface area (Å²) in [5.41, 5.74) is 4.72. The van der Waals surface area contributed by atoms with Crippen LogP contribution in [0, 0.1) is 18.8 Å². The first-order valence-electron chi connectivity index (χ1n) is 11.8. The summed E-state index contributed by atoms with van der Waals surface area (Å²) in [6.07, 6.45) is 2.01. The van der Waals surface area contributed by atoms with Gasteiger partial charge < -0.3 is 19.7 Å². The molecule has 0 amide bonds. The van der Waals surface area contributed by atoms with Gasteiger partial charge >= 0.3 is 5.97 Å². The molecule has 0 aromatic heterocycles. The Labute approximate surface area is 222 Å². The zero-order chi connectivity index (χ0) is 26.6. The molecular formula is C30H30ClNO5. The third-order valence-corrected chi connectivity index (χ3v) is 5.70. The number of hydrogen-bond donors (Lipinski definition) is 2. The monoisotopic (exact) mass is 519 g/mol. The summed E-state index contributed by atoms with van der Waals surface area (Å²) in [7, 11) is 1.92. The second-order valence-corrected chi connectivity index (χ2v) is 8.82. The Morgan fingerprint density at radius 2 is 1.70 bits per heavy atom. The van der Waals surface area contributed by atoms with Gasteiger partial charge in [-0.25, -0.2) is 4.79 Å². The number of rotatable bonds is 11. The fourth-order valence-electron chi connectivity index (χ4n) is 3.53. The molecular weight excluding hydrogens is 490 g/mol. The van der Waals surface area contributed by atoms with Gasteiger partial charge in [0, 0.05) is 17.1 Å². The smallest absolute Gasteiger partial charge is 0.341 e. The van der Waals surface area contributed by atoms with Crippen LogP contribution in [0.5, 0.6) is 11.5 Å². The third-order valence-electron chi connectivity index (χ3n) is 5.45. The lowest BCUT2D eigenvalue weighted by molar-refractivity contribution is -0.139. The van der Waals surface area contributed by atoms with Crippen LogP contribution in [0.3, 0.4) is 0 Å². The van der Waals surface area contributed by atoms with E-state index in [0.717, 1.165) is 27.8 Å². The highest BCUT2D eigenvalue weighted by molar-refractivity contribution is 6.30. The minimum atomic E-state index is -1.02. The number of nitrogens with zero attached hydrogens (tertiary/aromatic N) is 1. The van der Waals surface area contributed by atoms with Crippen molar-refractivity contribution in [3.63, 3.8) is 0 Å². The number of likely N-dealkylation sites (N-methyl/N-ethyl adjacent to an activating group) is 1. The van der Waals surface area contributed by atoms with Crippen molar-refractivity contribution in [2.75, 3.05) is 40.0 Å². The summed E-state index contributed by atoms with van der Waals surface area (Å²) >= 11 is 6.11. The maximum Gasteiger partial charge on any atom is 0.341 e. The number of aliphatic carboxylic acids is 1. The minimum Gasteiger partial charge on any atom is -0.489 e. The van der Waals surface area contributed by atoms with E-state index in [0.29, 0.717) is 36.2 Å². The molecule has 0 spiro atoms. The van der Waals surface area contributed by atoms with E-state index in [-0.39, 0.29) is 13.2 Å². The van der Waals surface area contributed by atoms with E-state index in [1.807, 2.05) is 79.5 Å². The molecule has 0 atom stereocenters. The summed E-state index contributed by atoms with van der Waals surface area (Å²) in [6.45, 7) is 3.07. The Morgan fingerprint density at radius 1 is 1.03 bits per heavy atom. The SMILES string of the molecule is Cc1cc(OC/C=C(/c2ccc(Cl)cc2)c2ccc(C#CCN(C)CCO)cc2)ccc1OCC(=O)O. The summed E-state index contributed by atoms with van der Waals surface area (Å²) in [5, 5.41) is 18.5. The molecule has 3 aromatic carbocycles. The molecule has 0 bridgehead atoms. The predicted molar refractivity (Wildman–Crippen MR) is 146 cm³/mol. The molecule has 2 N–H and O–H groups in total. The molecule has 0 saturated carbocycles. The number of halogens is 1. The third kappa shape index (κ3) is 9.00. The second-order valence-electron chi connectivity index (χ2n) is 8.39. The first kappa shape index (κ1) is 27.8. The van der Waals surface area contributed by atoms with Crippen molar-refractivity contribution < 1.29 is 24.5 Å². The molecule has 7 heteroatoms. The van der Waals surface area contributed by atoms with Crippen LogP contribution in [0.4, 0.5) is 0 Å². The van der Waals surface area contributed by atoms with Crippen molar-refractivity contribution >= 4 is 23.1 Å². The van der Waals surface area contributed by atoms with Gasteiger partial charge in [-0.15, -0.1) is 0 Å². The molecule has 0 radical (unpaired) electrons. The molecule has 0 aliphatic carbocycles. The van der Waals surface area contributed by atoms with E-state index in [9.17, 15) is 4.79 Å². The average Bonchev–Trinajstić information content (AvgIpc) is 2.87. The van der Waals surface area contributed by atoms with Crippen molar-refractivity contribution in [1.29, 1.82) is 0 Å². The van der Waals surface area contributed by atoms with Gasteiger partial charge in [0.15, 0.2) is 6.61 Å². The number of ether oxygens (including phenoxy) is 2. The highest BCUT2D eigenvalue weighted by Crippen LogP contribution is 2.27. The lowest BCUT2D eigenvalue weighted by Crippen LogP contribution is -2.22. The quantitative estimate of drug-likeness (QED) is 0.351. The average molecular weight is 520 g/mol. The van der Waals surface area contributed by atoms with E-state index < -0.39 is 5.97 Å². The van der Waals surface area contributed by atoms with Crippen LogP contribution in [0.15, 0.2) is 72.8 Å². The predicted octanol–water partition coefficient (Wildman–Crippen LogP) is 4.90. The van der Waals surface area contributed by atoms with E-state index in [1.54, 1.807) is 12.1 Å². The standard InChI is InChI=1S/C30H30ClNO5/c1-22-20-27(13-14-29(22)37-21-30(34)35)36-19-15-28(25-9-11-26(31)12-10-25)24-7-5-23(6-8-24)4-3-16-32(2)17-18-33/h5-15,20,33H,16-19,21H2,1-2H3,(H,34,35)/b28-15+. The lowest BCUT2D eigenvalue weighted by atomic mass is 9.97. The maximum absolute atomic E-state index is 10.7. The Hall–Kier alpha value is -3.76. The first-order valence-corrected chi connectivity index (χ1v) is 12.2. The van der Waals surface area contributed by atoms with Gasteiger partial charge in [-0.3, -0.25) is 4.90 Å². The van der Waals surface area contributed by atoms with Gasteiger partial charge in [0.1, 0.15) is 18.1 Å². The fourth-order valence-corrected chi connectivity index (χ4v) is 3.65. The van der Waals surface area contributed by atoms with Gasteiger partial charge in [-0.2, -0.15) is 0 Å². The Morgan fingerprint density at radius 3 is 2.32 bits per heavy atom. The van der Waals surface area contributed by atoms with Crippen molar-refractivity contribution in [2.45, 2.75) is 6.92 Å². The zero-order valence-corrected chi connectivity index (χ0v) is 21.7. The molecule has 3 aromatic rings. The summed E-state index contributed by atoms with van der Waals surface area (Å²) in [4.78, 5) is 12.7. The second kappa shape index (κ2) is 14.1. The number of carboxylic acid groups (broad SMARTS) is 1. The number of benzene rings is 3.